The Hall–Kier alpha value is -2.34. The quantitative estimate of drug-likeness (QED) is 0.172. The van der Waals surface area contributed by atoms with E-state index in [4.69, 9.17) is 16.6 Å². The molecule has 0 aliphatic heterocycles. The Morgan fingerprint density at radius 2 is 1.67 bits per heavy atom. The van der Waals surface area contributed by atoms with Gasteiger partial charge in [-0.05, 0) is 5.92 Å². The molecule has 154 valence electrons. The van der Waals surface area contributed by atoms with Gasteiger partial charge in [0.05, 0.1) is 12.5 Å². The zero-order chi connectivity index (χ0) is 21.1. The monoisotopic (exact) mass is 405 g/mol. The first-order valence-electron chi connectivity index (χ1n) is 8.28. The topological polar surface area (TPSA) is 194 Å². The highest BCUT2D eigenvalue weighted by atomic mass is 32.1. The van der Waals surface area contributed by atoms with E-state index in [2.05, 4.69) is 28.6 Å². The van der Waals surface area contributed by atoms with Crippen molar-refractivity contribution in [3.8, 4) is 0 Å². The van der Waals surface area contributed by atoms with Crippen LogP contribution < -0.4 is 27.4 Å². The summed E-state index contributed by atoms with van der Waals surface area (Å²) in [4.78, 5) is 58.4. The number of primary amides is 1. The van der Waals surface area contributed by atoms with Crippen LogP contribution in [0.4, 0.5) is 0 Å². The van der Waals surface area contributed by atoms with Crippen molar-refractivity contribution in [1.29, 1.82) is 0 Å². The highest BCUT2D eigenvalue weighted by Gasteiger charge is 2.31. The number of nitrogens with two attached hydrogens (primary N) is 2. The van der Waals surface area contributed by atoms with Gasteiger partial charge >= 0.3 is 5.97 Å². The molecule has 0 spiro atoms. The minimum absolute atomic E-state index is 0.0177. The van der Waals surface area contributed by atoms with Crippen molar-refractivity contribution >= 4 is 42.2 Å². The number of carboxylic acid groups (broad SMARTS) is 1. The number of carbonyl (C=O) groups excluding carboxylic acids is 4. The van der Waals surface area contributed by atoms with Crippen molar-refractivity contribution in [1.82, 2.24) is 16.0 Å². The normalized spacial score (nSPS) is 15.0. The van der Waals surface area contributed by atoms with E-state index in [-0.39, 0.29) is 11.7 Å². The van der Waals surface area contributed by atoms with Crippen LogP contribution in [0.1, 0.15) is 26.7 Å². The van der Waals surface area contributed by atoms with E-state index < -0.39 is 60.7 Å². The zero-order valence-electron chi connectivity index (χ0n) is 15.2. The van der Waals surface area contributed by atoms with E-state index in [0.717, 1.165) is 0 Å². The summed E-state index contributed by atoms with van der Waals surface area (Å²) in [6, 6.07) is -3.40. The first-order valence-corrected chi connectivity index (χ1v) is 8.91. The number of hydrogen-bond acceptors (Lipinski definition) is 7. The lowest BCUT2D eigenvalue weighted by Gasteiger charge is -2.26. The summed E-state index contributed by atoms with van der Waals surface area (Å²) in [7, 11) is 0. The molecule has 0 aromatic carbocycles. The van der Waals surface area contributed by atoms with Gasteiger partial charge < -0.3 is 32.5 Å². The Balaban J connectivity index is 5.28. The number of thiol groups is 1. The van der Waals surface area contributed by atoms with Crippen LogP contribution in [0.3, 0.4) is 0 Å². The van der Waals surface area contributed by atoms with E-state index >= 15 is 0 Å². The first kappa shape index (κ1) is 24.7. The van der Waals surface area contributed by atoms with Gasteiger partial charge in [-0.1, -0.05) is 20.3 Å². The van der Waals surface area contributed by atoms with Gasteiger partial charge in [0.2, 0.25) is 23.6 Å². The van der Waals surface area contributed by atoms with Crippen LogP contribution in [0, 0.1) is 5.92 Å². The third-order valence-electron chi connectivity index (χ3n) is 3.78. The smallest absolute Gasteiger partial charge is 0.322 e. The fourth-order valence-electron chi connectivity index (χ4n) is 2.00. The molecule has 0 fully saturated rings. The molecule has 27 heavy (non-hydrogen) atoms. The van der Waals surface area contributed by atoms with E-state index in [0.29, 0.717) is 6.42 Å². The number of hydrogen-bond donors (Lipinski definition) is 7. The average Bonchev–Trinajstić information content (AvgIpc) is 2.61. The molecule has 0 saturated heterocycles. The lowest BCUT2D eigenvalue weighted by atomic mass is 9.97. The Bertz CT molecular complexity index is 573. The summed E-state index contributed by atoms with van der Waals surface area (Å²) < 4.78 is 0. The van der Waals surface area contributed by atoms with Crippen LogP contribution >= 0.6 is 12.6 Å². The SMILES string of the molecule is CCC(C)C(NC(=O)C(CC(N)=O)NC(=O)C(N)CS)C(=O)NCC(=O)O. The number of amides is 4. The van der Waals surface area contributed by atoms with Crippen LogP contribution in [-0.4, -0.2) is 65.1 Å². The second-order valence-corrected chi connectivity index (χ2v) is 6.37. The van der Waals surface area contributed by atoms with Crippen LogP contribution in [-0.2, 0) is 24.0 Å². The van der Waals surface area contributed by atoms with E-state index in [1.807, 2.05) is 0 Å². The summed E-state index contributed by atoms with van der Waals surface area (Å²) >= 11 is 3.88. The molecule has 4 unspecified atom stereocenters. The van der Waals surface area contributed by atoms with Gasteiger partial charge in [0, 0.05) is 5.75 Å². The molecule has 0 aliphatic rings. The highest BCUT2D eigenvalue weighted by Crippen LogP contribution is 2.09. The summed E-state index contributed by atoms with van der Waals surface area (Å²) in [5.74, 6) is -4.62. The fraction of sp³-hybridized carbons (Fsp3) is 0.667. The summed E-state index contributed by atoms with van der Waals surface area (Å²) in [5.41, 5.74) is 10.6. The molecule has 12 heteroatoms. The van der Waals surface area contributed by atoms with E-state index in [1.54, 1.807) is 13.8 Å². The second-order valence-electron chi connectivity index (χ2n) is 6.00. The lowest BCUT2D eigenvalue weighted by Crippen LogP contribution is -2.58. The van der Waals surface area contributed by atoms with Gasteiger partial charge in [0.1, 0.15) is 18.6 Å². The second kappa shape index (κ2) is 12.1. The molecular formula is C15H27N5O6S. The predicted octanol–water partition coefficient (Wildman–Crippen LogP) is -2.66. The van der Waals surface area contributed by atoms with Crippen molar-refractivity contribution in [2.75, 3.05) is 12.3 Å². The number of carboxylic acids is 1. The molecule has 11 nitrogen and oxygen atoms in total. The van der Waals surface area contributed by atoms with Crippen molar-refractivity contribution in [3.63, 3.8) is 0 Å². The van der Waals surface area contributed by atoms with Crippen LogP contribution in [0.15, 0.2) is 0 Å². The molecule has 0 bridgehead atoms. The standard InChI is InChI=1S/C15H27N5O6S/c1-3-7(2)12(15(26)18-5-11(22)23)20-14(25)9(4-10(17)21)19-13(24)8(16)6-27/h7-9,12,27H,3-6,16H2,1-2H3,(H2,17,21)(H,18,26)(H,19,24)(H,20,25)(H,22,23). The van der Waals surface area contributed by atoms with Gasteiger partial charge in [-0.25, -0.2) is 0 Å². The van der Waals surface area contributed by atoms with Gasteiger partial charge in [0.15, 0.2) is 0 Å². The fourth-order valence-corrected chi connectivity index (χ4v) is 2.17. The number of carbonyl (C=O) groups is 5. The maximum absolute atomic E-state index is 12.5. The number of rotatable bonds is 12. The van der Waals surface area contributed by atoms with Gasteiger partial charge in [-0.3, -0.25) is 24.0 Å². The van der Waals surface area contributed by atoms with Gasteiger partial charge in [-0.2, -0.15) is 12.6 Å². The molecule has 0 radical (unpaired) electrons. The van der Waals surface area contributed by atoms with Crippen LogP contribution in [0.2, 0.25) is 0 Å². The minimum atomic E-state index is -1.33. The maximum Gasteiger partial charge on any atom is 0.322 e. The Morgan fingerprint density at radius 1 is 1.07 bits per heavy atom. The molecule has 0 rings (SSSR count). The molecular weight excluding hydrogens is 378 g/mol. The highest BCUT2D eigenvalue weighted by molar-refractivity contribution is 7.80. The van der Waals surface area contributed by atoms with Crippen LogP contribution in [0.5, 0.6) is 0 Å². The number of aliphatic carboxylic acids is 1. The van der Waals surface area contributed by atoms with Gasteiger partial charge in [0.25, 0.3) is 0 Å². The average molecular weight is 405 g/mol. The Labute approximate surface area is 162 Å². The minimum Gasteiger partial charge on any atom is -0.480 e. The molecule has 0 saturated carbocycles. The van der Waals surface area contributed by atoms with Crippen molar-refractivity contribution in [2.24, 2.45) is 17.4 Å². The summed E-state index contributed by atoms with van der Waals surface area (Å²) in [6.07, 6.45) is 0.00362. The molecule has 0 aromatic rings. The maximum atomic E-state index is 12.5. The molecule has 0 aromatic heterocycles. The van der Waals surface area contributed by atoms with Crippen molar-refractivity contribution in [2.45, 2.75) is 44.8 Å². The van der Waals surface area contributed by atoms with Crippen LogP contribution in [0.25, 0.3) is 0 Å². The third kappa shape index (κ3) is 9.24. The zero-order valence-corrected chi connectivity index (χ0v) is 16.1. The first-order chi connectivity index (χ1) is 12.5. The Kier molecular flexibility index (Phi) is 11.1. The predicted molar refractivity (Wildman–Crippen MR) is 99.6 cm³/mol. The largest absolute Gasteiger partial charge is 0.480 e. The summed E-state index contributed by atoms with van der Waals surface area (Å²) in [6.45, 7) is 2.85. The number of nitrogens with one attached hydrogen (secondary N) is 3. The Morgan fingerprint density at radius 3 is 2.11 bits per heavy atom. The summed E-state index contributed by atoms with van der Waals surface area (Å²) in [5, 5.41) is 15.6. The molecule has 0 heterocycles. The van der Waals surface area contributed by atoms with Crippen molar-refractivity contribution < 1.29 is 29.1 Å². The van der Waals surface area contributed by atoms with E-state index in [1.165, 1.54) is 0 Å². The van der Waals surface area contributed by atoms with Gasteiger partial charge in [-0.15, -0.1) is 0 Å². The van der Waals surface area contributed by atoms with Crippen molar-refractivity contribution in [3.05, 3.63) is 0 Å². The molecule has 4 atom stereocenters. The molecule has 8 N–H and O–H groups in total. The molecule has 0 aliphatic carbocycles. The molecule has 4 amide bonds. The third-order valence-corrected chi connectivity index (χ3v) is 4.17. The lowest BCUT2D eigenvalue weighted by molar-refractivity contribution is -0.139. The van der Waals surface area contributed by atoms with E-state index in [9.17, 15) is 24.0 Å².